The molecule has 0 fully saturated rings. The normalized spacial score (nSPS) is 11.5. The van der Waals surface area contributed by atoms with E-state index in [1.807, 2.05) is 6.07 Å². The Kier molecular flexibility index (Phi) is 6.29. The summed E-state index contributed by atoms with van der Waals surface area (Å²) in [6, 6.07) is 14.8. The van der Waals surface area contributed by atoms with E-state index in [0.29, 0.717) is 0 Å². The molecular weight excluding hydrogens is 348 g/mol. The lowest BCUT2D eigenvalue weighted by Gasteiger charge is -2.20. The molecule has 23 heavy (non-hydrogen) atoms. The Labute approximate surface area is 149 Å². The number of hydrogen-bond donors (Lipinski definition) is 0. The van der Waals surface area contributed by atoms with Crippen molar-refractivity contribution in [1.29, 1.82) is 0 Å². The second-order valence-corrected chi connectivity index (χ2v) is 7.95. The fourth-order valence-corrected chi connectivity index (χ4v) is 2.94. The summed E-state index contributed by atoms with van der Waals surface area (Å²) in [7, 11) is 0. The van der Waals surface area contributed by atoms with Gasteiger partial charge in [-0.2, -0.15) is 0 Å². The molecule has 0 N–H and O–H groups in total. The van der Waals surface area contributed by atoms with Gasteiger partial charge in [0, 0.05) is 0 Å². The van der Waals surface area contributed by atoms with Crippen molar-refractivity contribution >= 4 is 15.9 Å². The quantitative estimate of drug-likeness (QED) is 0.482. The first-order valence-corrected chi connectivity index (χ1v) is 9.26. The smallest absolute Gasteiger partial charge is 0.141 e. The van der Waals surface area contributed by atoms with Gasteiger partial charge in [-0.3, -0.25) is 0 Å². The fraction of sp³-hybridized carbons (Fsp3) is 0.429. The molecule has 2 aromatic carbocycles. The Bertz CT molecular complexity index is 623. The molecule has 0 amide bonds. The van der Waals surface area contributed by atoms with Crippen LogP contribution in [0.5, 0.6) is 11.5 Å². The molecule has 0 atom stereocenters. The lowest BCUT2D eigenvalue weighted by Crippen LogP contribution is -2.10. The van der Waals surface area contributed by atoms with Crippen LogP contribution in [0.3, 0.4) is 0 Å². The topological polar surface area (TPSA) is 9.23 Å². The summed E-state index contributed by atoms with van der Waals surface area (Å²) in [6.45, 7) is 8.88. The third-order valence-electron chi connectivity index (χ3n) is 4.02. The third-order valence-corrected chi connectivity index (χ3v) is 4.64. The Morgan fingerprint density at radius 3 is 2.22 bits per heavy atom. The molecule has 124 valence electrons. The fourth-order valence-electron chi connectivity index (χ4n) is 2.48. The molecule has 0 saturated heterocycles. The molecule has 1 nitrogen and oxygen atoms in total. The molecule has 0 bridgehead atoms. The standard InChI is InChI=1S/C21H27BrO/c1-5-6-7-8-16-9-12-18(13-10-16)23-20-14-11-17(15-19(20)22)21(2,3)4/h9-15H,5-8H2,1-4H3. The highest BCUT2D eigenvalue weighted by atomic mass is 79.9. The van der Waals surface area contributed by atoms with Crippen LogP contribution in [0.4, 0.5) is 0 Å². The summed E-state index contributed by atoms with van der Waals surface area (Å²) in [5.74, 6) is 1.74. The average Bonchev–Trinajstić information content (AvgIpc) is 2.50. The van der Waals surface area contributed by atoms with Gasteiger partial charge < -0.3 is 4.74 Å². The molecule has 2 heteroatoms. The van der Waals surface area contributed by atoms with Crippen LogP contribution in [-0.2, 0) is 11.8 Å². The second kappa shape index (κ2) is 8.01. The van der Waals surface area contributed by atoms with E-state index in [-0.39, 0.29) is 5.41 Å². The van der Waals surface area contributed by atoms with Crippen LogP contribution in [0.25, 0.3) is 0 Å². The minimum absolute atomic E-state index is 0.140. The van der Waals surface area contributed by atoms with Crippen LogP contribution in [0.1, 0.15) is 58.1 Å². The number of ether oxygens (including phenoxy) is 1. The van der Waals surface area contributed by atoms with Crippen molar-refractivity contribution in [2.45, 2.75) is 58.8 Å². The summed E-state index contributed by atoms with van der Waals surface area (Å²) in [5, 5.41) is 0. The molecule has 0 aliphatic rings. The van der Waals surface area contributed by atoms with Gasteiger partial charge in [-0.05, 0) is 69.6 Å². The lowest BCUT2D eigenvalue weighted by molar-refractivity contribution is 0.478. The maximum atomic E-state index is 6.01. The molecule has 0 spiro atoms. The van der Waals surface area contributed by atoms with Gasteiger partial charge in [-0.1, -0.05) is 58.7 Å². The highest BCUT2D eigenvalue weighted by Crippen LogP contribution is 2.34. The Hall–Kier alpha value is -1.28. The van der Waals surface area contributed by atoms with Crippen LogP contribution in [0.15, 0.2) is 46.9 Å². The molecule has 0 aliphatic carbocycles. The van der Waals surface area contributed by atoms with Gasteiger partial charge in [0.05, 0.1) is 4.47 Å². The summed E-state index contributed by atoms with van der Waals surface area (Å²) in [6.07, 6.45) is 4.97. The number of rotatable bonds is 6. The van der Waals surface area contributed by atoms with E-state index in [1.165, 1.54) is 30.4 Å². The van der Waals surface area contributed by atoms with Gasteiger partial charge in [0.25, 0.3) is 0 Å². The van der Waals surface area contributed by atoms with Crippen LogP contribution in [-0.4, -0.2) is 0 Å². The largest absolute Gasteiger partial charge is 0.456 e. The first kappa shape index (κ1) is 18.1. The summed E-state index contributed by atoms with van der Waals surface area (Å²) < 4.78 is 7.01. The predicted octanol–water partition coefficient (Wildman–Crippen LogP) is 7.27. The van der Waals surface area contributed by atoms with Crippen LogP contribution in [0, 0.1) is 0 Å². The number of benzene rings is 2. The molecule has 0 saturated carbocycles. The molecule has 0 unspecified atom stereocenters. The van der Waals surface area contributed by atoms with Gasteiger partial charge in [-0.25, -0.2) is 0 Å². The van der Waals surface area contributed by atoms with E-state index >= 15 is 0 Å². The Morgan fingerprint density at radius 2 is 1.65 bits per heavy atom. The van der Waals surface area contributed by atoms with E-state index in [4.69, 9.17) is 4.74 Å². The second-order valence-electron chi connectivity index (χ2n) is 7.10. The molecule has 0 heterocycles. The number of hydrogen-bond acceptors (Lipinski definition) is 1. The van der Waals surface area contributed by atoms with Crippen LogP contribution in [0.2, 0.25) is 0 Å². The molecular formula is C21H27BrO. The summed E-state index contributed by atoms with van der Waals surface area (Å²) in [5.41, 5.74) is 2.82. The molecule has 0 aromatic heterocycles. The maximum Gasteiger partial charge on any atom is 0.141 e. The van der Waals surface area contributed by atoms with Crippen molar-refractivity contribution in [3.05, 3.63) is 58.1 Å². The lowest BCUT2D eigenvalue weighted by atomic mass is 9.87. The minimum Gasteiger partial charge on any atom is -0.456 e. The van der Waals surface area contributed by atoms with Gasteiger partial charge in [0.2, 0.25) is 0 Å². The van der Waals surface area contributed by atoms with Crippen molar-refractivity contribution in [2.75, 3.05) is 0 Å². The Balaban J connectivity index is 2.04. The van der Waals surface area contributed by atoms with Gasteiger partial charge >= 0.3 is 0 Å². The van der Waals surface area contributed by atoms with E-state index in [1.54, 1.807) is 0 Å². The first-order chi connectivity index (χ1) is 10.9. The van der Waals surface area contributed by atoms with Crippen molar-refractivity contribution < 1.29 is 4.74 Å². The van der Waals surface area contributed by atoms with E-state index < -0.39 is 0 Å². The summed E-state index contributed by atoms with van der Waals surface area (Å²) >= 11 is 3.63. The maximum absolute atomic E-state index is 6.01. The number of halogens is 1. The monoisotopic (exact) mass is 374 g/mol. The third kappa shape index (κ3) is 5.39. The van der Waals surface area contributed by atoms with Crippen molar-refractivity contribution in [3.8, 4) is 11.5 Å². The van der Waals surface area contributed by atoms with Crippen molar-refractivity contribution in [1.82, 2.24) is 0 Å². The van der Waals surface area contributed by atoms with E-state index in [2.05, 4.69) is 80.0 Å². The number of aryl methyl sites for hydroxylation is 1. The van der Waals surface area contributed by atoms with E-state index in [9.17, 15) is 0 Å². The van der Waals surface area contributed by atoms with E-state index in [0.717, 1.165) is 22.4 Å². The van der Waals surface area contributed by atoms with Crippen LogP contribution < -0.4 is 4.74 Å². The summed E-state index contributed by atoms with van der Waals surface area (Å²) in [4.78, 5) is 0. The van der Waals surface area contributed by atoms with Crippen LogP contribution >= 0.6 is 15.9 Å². The Morgan fingerprint density at radius 1 is 0.957 bits per heavy atom. The predicted molar refractivity (Wildman–Crippen MR) is 103 cm³/mol. The average molecular weight is 375 g/mol. The molecule has 2 rings (SSSR count). The molecule has 2 aromatic rings. The zero-order chi connectivity index (χ0) is 16.9. The van der Waals surface area contributed by atoms with Gasteiger partial charge in [-0.15, -0.1) is 0 Å². The first-order valence-electron chi connectivity index (χ1n) is 8.47. The van der Waals surface area contributed by atoms with Gasteiger partial charge in [0.1, 0.15) is 11.5 Å². The SMILES string of the molecule is CCCCCc1ccc(Oc2ccc(C(C)(C)C)cc2Br)cc1. The molecule has 0 radical (unpaired) electrons. The zero-order valence-electron chi connectivity index (χ0n) is 14.7. The highest BCUT2D eigenvalue weighted by Gasteiger charge is 2.15. The van der Waals surface area contributed by atoms with Crippen molar-refractivity contribution in [2.24, 2.45) is 0 Å². The van der Waals surface area contributed by atoms with Gasteiger partial charge in [0.15, 0.2) is 0 Å². The highest BCUT2D eigenvalue weighted by molar-refractivity contribution is 9.10. The van der Waals surface area contributed by atoms with Crippen molar-refractivity contribution in [3.63, 3.8) is 0 Å². The molecule has 0 aliphatic heterocycles. The number of unbranched alkanes of at least 4 members (excludes halogenated alkanes) is 2. The zero-order valence-corrected chi connectivity index (χ0v) is 16.2. The minimum atomic E-state index is 0.140.